The summed E-state index contributed by atoms with van der Waals surface area (Å²) in [5.41, 5.74) is 0.601. The molecule has 0 unspecified atom stereocenters. The number of pyridine rings is 1. The van der Waals surface area contributed by atoms with E-state index in [0.717, 1.165) is 12.1 Å². The molecule has 0 saturated carbocycles. The number of H-pyrrole nitrogens is 1. The van der Waals surface area contributed by atoms with Crippen molar-refractivity contribution >= 4 is 5.91 Å². The van der Waals surface area contributed by atoms with E-state index < -0.39 is 11.6 Å². The second-order valence-electron chi connectivity index (χ2n) is 5.76. The van der Waals surface area contributed by atoms with Gasteiger partial charge in [-0.25, -0.2) is 18.7 Å². The summed E-state index contributed by atoms with van der Waals surface area (Å²) in [6.45, 7) is 1.96. The molecule has 0 radical (unpaired) electrons. The molecule has 0 aliphatic heterocycles. The van der Waals surface area contributed by atoms with Crippen LogP contribution < -0.4 is 10.1 Å². The quantitative estimate of drug-likeness (QED) is 0.664. The third-order valence-corrected chi connectivity index (χ3v) is 3.65. The molecule has 7 nitrogen and oxygen atoms in total. The van der Waals surface area contributed by atoms with Crippen LogP contribution in [0.15, 0.2) is 36.5 Å². The number of nitrogens with zero attached hydrogens (tertiary/aromatic N) is 3. The van der Waals surface area contributed by atoms with Crippen molar-refractivity contribution in [1.29, 1.82) is 0 Å². The van der Waals surface area contributed by atoms with Gasteiger partial charge in [-0.3, -0.25) is 9.89 Å². The third kappa shape index (κ3) is 5.06. The lowest BCUT2D eigenvalue weighted by Gasteiger charge is -2.11. The second kappa shape index (κ2) is 8.35. The standard InChI is InChI=1S/C18H17F2N5O2/c1-11-23-16(25-24-11)6-7-17(26)22-10-12-3-2-8-21-18(12)27-13-4-5-14(19)15(20)9-13/h2-5,8-9H,6-7,10H2,1H3,(H,22,26)(H,23,24,25). The Labute approximate surface area is 153 Å². The average Bonchev–Trinajstić information content (AvgIpc) is 3.07. The van der Waals surface area contributed by atoms with Crippen LogP contribution in [0, 0.1) is 18.6 Å². The van der Waals surface area contributed by atoms with Gasteiger partial charge in [0.15, 0.2) is 17.5 Å². The Morgan fingerprint density at radius 3 is 2.85 bits per heavy atom. The lowest BCUT2D eigenvalue weighted by atomic mass is 10.2. The van der Waals surface area contributed by atoms with Gasteiger partial charge in [0.2, 0.25) is 11.8 Å². The first kappa shape index (κ1) is 18.4. The van der Waals surface area contributed by atoms with Gasteiger partial charge in [-0.15, -0.1) is 0 Å². The number of aromatic nitrogens is 4. The van der Waals surface area contributed by atoms with Crippen molar-refractivity contribution in [2.24, 2.45) is 0 Å². The number of hydrogen-bond acceptors (Lipinski definition) is 5. The lowest BCUT2D eigenvalue weighted by molar-refractivity contribution is -0.121. The van der Waals surface area contributed by atoms with E-state index in [1.807, 2.05) is 0 Å². The van der Waals surface area contributed by atoms with Gasteiger partial charge >= 0.3 is 0 Å². The van der Waals surface area contributed by atoms with Crippen LogP contribution in [0.3, 0.4) is 0 Å². The minimum Gasteiger partial charge on any atom is -0.439 e. The number of amides is 1. The zero-order valence-electron chi connectivity index (χ0n) is 14.5. The normalized spacial score (nSPS) is 10.6. The fourth-order valence-corrected chi connectivity index (χ4v) is 2.31. The number of halogens is 2. The van der Waals surface area contributed by atoms with Gasteiger partial charge in [0, 0.05) is 37.2 Å². The van der Waals surface area contributed by atoms with Crippen molar-refractivity contribution in [2.75, 3.05) is 0 Å². The maximum atomic E-state index is 13.3. The van der Waals surface area contributed by atoms with Crippen LogP contribution in [0.4, 0.5) is 8.78 Å². The smallest absolute Gasteiger partial charge is 0.224 e. The SMILES string of the molecule is Cc1nc(CCC(=O)NCc2cccnc2Oc2ccc(F)c(F)c2)n[nH]1. The van der Waals surface area contributed by atoms with Crippen molar-refractivity contribution in [3.8, 4) is 11.6 Å². The third-order valence-electron chi connectivity index (χ3n) is 3.65. The van der Waals surface area contributed by atoms with Crippen LogP contribution in [0.1, 0.15) is 23.6 Å². The van der Waals surface area contributed by atoms with Crippen LogP contribution in [-0.4, -0.2) is 26.1 Å². The number of ether oxygens (including phenoxy) is 1. The molecule has 1 amide bonds. The molecule has 9 heteroatoms. The van der Waals surface area contributed by atoms with Crippen LogP contribution in [0.2, 0.25) is 0 Å². The Kier molecular flexibility index (Phi) is 5.70. The number of aryl methyl sites for hydroxylation is 2. The van der Waals surface area contributed by atoms with Gasteiger partial charge in [0.05, 0.1) is 0 Å². The van der Waals surface area contributed by atoms with Crippen LogP contribution in [-0.2, 0) is 17.8 Å². The molecule has 2 heterocycles. The summed E-state index contributed by atoms with van der Waals surface area (Å²) < 4.78 is 31.9. The van der Waals surface area contributed by atoms with Gasteiger partial charge < -0.3 is 10.1 Å². The molecule has 140 valence electrons. The molecule has 27 heavy (non-hydrogen) atoms. The molecule has 1 aromatic carbocycles. The number of rotatable bonds is 7. The van der Waals surface area contributed by atoms with Crippen LogP contribution in [0.25, 0.3) is 0 Å². The van der Waals surface area contributed by atoms with Gasteiger partial charge in [-0.05, 0) is 25.1 Å². The Bertz CT molecular complexity index is 945. The molecule has 0 saturated heterocycles. The zero-order chi connectivity index (χ0) is 19.2. The molecule has 0 aliphatic carbocycles. The van der Waals surface area contributed by atoms with Crippen LogP contribution >= 0.6 is 0 Å². The fraction of sp³-hybridized carbons (Fsp3) is 0.222. The molecule has 3 rings (SSSR count). The summed E-state index contributed by atoms with van der Waals surface area (Å²) in [7, 11) is 0. The first-order chi connectivity index (χ1) is 13.0. The lowest BCUT2D eigenvalue weighted by Crippen LogP contribution is -2.23. The topological polar surface area (TPSA) is 92.8 Å². The van der Waals surface area contributed by atoms with Crippen molar-refractivity contribution < 1.29 is 18.3 Å². The van der Waals surface area contributed by atoms with Crippen molar-refractivity contribution in [2.45, 2.75) is 26.3 Å². The number of benzene rings is 1. The molecule has 2 N–H and O–H groups in total. The predicted molar refractivity (Wildman–Crippen MR) is 92.0 cm³/mol. The molecule has 3 aromatic rings. The highest BCUT2D eigenvalue weighted by Crippen LogP contribution is 2.24. The largest absolute Gasteiger partial charge is 0.439 e. The zero-order valence-corrected chi connectivity index (χ0v) is 14.5. The first-order valence-electron chi connectivity index (χ1n) is 8.22. The summed E-state index contributed by atoms with van der Waals surface area (Å²) in [4.78, 5) is 20.2. The summed E-state index contributed by atoms with van der Waals surface area (Å²) in [5, 5.41) is 9.46. The van der Waals surface area contributed by atoms with Gasteiger partial charge in [-0.2, -0.15) is 5.10 Å². The van der Waals surface area contributed by atoms with Gasteiger partial charge in [0.1, 0.15) is 11.6 Å². The molecule has 0 atom stereocenters. The minimum atomic E-state index is -1.01. The van der Waals surface area contributed by atoms with E-state index in [9.17, 15) is 13.6 Å². The number of carbonyl (C=O) groups excluding carboxylic acids is 1. The number of nitrogens with one attached hydrogen (secondary N) is 2. The van der Waals surface area contributed by atoms with Crippen LogP contribution in [0.5, 0.6) is 11.6 Å². The number of carbonyl (C=O) groups is 1. The second-order valence-corrected chi connectivity index (χ2v) is 5.76. The van der Waals surface area contributed by atoms with E-state index in [4.69, 9.17) is 4.74 Å². The molecule has 0 aliphatic rings. The number of hydrogen-bond donors (Lipinski definition) is 2. The summed E-state index contributed by atoms with van der Waals surface area (Å²) in [6, 6.07) is 6.62. The van der Waals surface area contributed by atoms with E-state index >= 15 is 0 Å². The van der Waals surface area contributed by atoms with E-state index in [0.29, 0.717) is 23.6 Å². The Morgan fingerprint density at radius 2 is 2.11 bits per heavy atom. The molecular formula is C18H17F2N5O2. The van der Waals surface area contributed by atoms with E-state index in [1.54, 1.807) is 19.1 Å². The Hall–Kier alpha value is -3.36. The van der Waals surface area contributed by atoms with E-state index in [2.05, 4.69) is 25.5 Å². The molecule has 0 spiro atoms. The van der Waals surface area contributed by atoms with Gasteiger partial charge in [0.25, 0.3) is 0 Å². The summed E-state index contributed by atoms with van der Waals surface area (Å²) in [6.07, 6.45) is 2.16. The predicted octanol–water partition coefficient (Wildman–Crippen LogP) is 2.83. The molecular weight excluding hydrogens is 356 g/mol. The Balaban J connectivity index is 1.58. The maximum absolute atomic E-state index is 13.3. The molecule has 0 bridgehead atoms. The van der Waals surface area contributed by atoms with Crippen molar-refractivity contribution in [3.05, 3.63) is 65.4 Å². The summed E-state index contributed by atoms with van der Waals surface area (Å²) >= 11 is 0. The fourth-order valence-electron chi connectivity index (χ4n) is 2.31. The van der Waals surface area contributed by atoms with E-state index in [-0.39, 0.29) is 30.5 Å². The summed E-state index contributed by atoms with van der Waals surface area (Å²) in [5.74, 6) is -0.572. The van der Waals surface area contributed by atoms with Gasteiger partial charge in [-0.1, -0.05) is 6.07 Å². The molecule has 2 aromatic heterocycles. The van der Waals surface area contributed by atoms with Crippen molar-refractivity contribution in [3.63, 3.8) is 0 Å². The minimum absolute atomic E-state index is 0.111. The highest BCUT2D eigenvalue weighted by atomic mass is 19.2. The Morgan fingerprint density at radius 1 is 1.26 bits per heavy atom. The number of aromatic amines is 1. The van der Waals surface area contributed by atoms with E-state index in [1.165, 1.54) is 12.3 Å². The monoisotopic (exact) mass is 373 g/mol. The maximum Gasteiger partial charge on any atom is 0.224 e. The highest BCUT2D eigenvalue weighted by Gasteiger charge is 2.11. The highest BCUT2D eigenvalue weighted by molar-refractivity contribution is 5.76. The first-order valence-corrected chi connectivity index (χ1v) is 8.22. The molecule has 0 fully saturated rings. The average molecular weight is 373 g/mol. The van der Waals surface area contributed by atoms with Crippen molar-refractivity contribution in [1.82, 2.24) is 25.5 Å².